The van der Waals surface area contributed by atoms with Crippen LogP contribution in [0.3, 0.4) is 0 Å². The van der Waals surface area contributed by atoms with E-state index < -0.39 is 0 Å². The lowest BCUT2D eigenvalue weighted by atomic mass is 9.79. The number of hydrogen-bond donors (Lipinski definition) is 3. The maximum Gasteiger partial charge on any atom is 0.258 e. The molecular formula is C26H43N5O2. The normalized spacial score (nSPS) is 31.5. The van der Waals surface area contributed by atoms with Gasteiger partial charge in [-0.3, -0.25) is 4.79 Å². The highest BCUT2D eigenvalue weighted by Gasteiger charge is 2.49. The standard InChI is InChI=1S/C26H43N5O2/c1-2-12-33-26-23(17-29-31(26)11-10-28-16-18-6-8-27-9-7-18)25(32)30-24-21-14-19-4-3-5-22(24)20(13-19)15-21/h17-22,24,27-28H,2-16H2,1H3,(H,30,32). The van der Waals surface area contributed by atoms with Gasteiger partial charge in [-0.05, 0) is 94.2 Å². The van der Waals surface area contributed by atoms with Crippen LogP contribution < -0.4 is 20.7 Å². The predicted octanol–water partition coefficient (Wildman–Crippen LogP) is 3.21. The number of carbonyl (C=O) groups is 1. The Hall–Kier alpha value is -1.60. The second-order valence-corrected chi connectivity index (χ2v) is 11.0. The van der Waals surface area contributed by atoms with Gasteiger partial charge >= 0.3 is 0 Å². The van der Waals surface area contributed by atoms with Crippen LogP contribution in [-0.4, -0.2) is 54.5 Å². The molecule has 5 rings (SSSR count). The Morgan fingerprint density at radius 2 is 2.03 bits per heavy atom. The minimum atomic E-state index is 0.00897. The van der Waals surface area contributed by atoms with Crippen LogP contribution in [-0.2, 0) is 6.54 Å². The topological polar surface area (TPSA) is 80.2 Å². The van der Waals surface area contributed by atoms with Gasteiger partial charge in [-0.15, -0.1) is 0 Å². The van der Waals surface area contributed by atoms with Gasteiger partial charge in [0.1, 0.15) is 5.56 Å². The molecule has 1 aromatic heterocycles. The second kappa shape index (κ2) is 10.8. The highest BCUT2D eigenvalue weighted by molar-refractivity contribution is 5.96. The number of ether oxygens (including phenoxy) is 1. The van der Waals surface area contributed by atoms with Gasteiger partial charge in [-0.1, -0.05) is 19.8 Å². The Bertz CT molecular complexity index is 790. The maximum absolute atomic E-state index is 13.4. The van der Waals surface area contributed by atoms with E-state index in [0.717, 1.165) is 56.9 Å². The molecule has 0 spiro atoms. The monoisotopic (exact) mass is 457 g/mol. The number of aromatic nitrogens is 2. The fourth-order valence-corrected chi connectivity index (χ4v) is 7.18. The maximum atomic E-state index is 13.4. The number of fused-ring (bicyclic) bond motifs is 2. The van der Waals surface area contributed by atoms with Crippen LogP contribution in [0.5, 0.6) is 5.88 Å². The van der Waals surface area contributed by atoms with Crippen LogP contribution in [0, 0.1) is 29.6 Å². The zero-order chi connectivity index (χ0) is 22.6. The molecule has 0 aromatic carbocycles. The average Bonchev–Trinajstić information content (AvgIpc) is 3.29. The molecule has 1 aliphatic heterocycles. The highest BCUT2D eigenvalue weighted by atomic mass is 16.5. The SMILES string of the molecule is CCCOc1c(C(=O)NC2C3CC4CCCC2C(C4)C3)cnn1CCNCC1CCNCC1. The fourth-order valence-electron chi connectivity index (χ4n) is 7.18. The fraction of sp³-hybridized carbons (Fsp3) is 0.846. The molecule has 33 heavy (non-hydrogen) atoms. The van der Waals surface area contributed by atoms with Crippen molar-refractivity contribution in [2.75, 3.05) is 32.8 Å². The molecule has 5 atom stereocenters. The van der Waals surface area contributed by atoms with Crippen LogP contribution in [0.25, 0.3) is 0 Å². The Labute approximate surface area is 198 Å². The summed E-state index contributed by atoms with van der Waals surface area (Å²) in [6.45, 7) is 7.56. The number of nitrogens with zero attached hydrogens (tertiary/aromatic N) is 2. The van der Waals surface area contributed by atoms with Crippen molar-refractivity contribution in [3.8, 4) is 5.88 Å². The van der Waals surface area contributed by atoms with Crippen LogP contribution in [0.15, 0.2) is 6.20 Å². The number of piperidine rings is 1. The molecule has 7 nitrogen and oxygen atoms in total. The van der Waals surface area contributed by atoms with E-state index in [4.69, 9.17) is 4.74 Å². The van der Waals surface area contributed by atoms with Gasteiger partial charge in [0, 0.05) is 12.6 Å². The van der Waals surface area contributed by atoms with Crippen molar-refractivity contribution >= 4 is 5.91 Å². The largest absolute Gasteiger partial charge is 0.477 e. The Kier molecular flexibility index (Phi) is 7.56. The lowest BCUT2D eigenvalue weighted by molar-refractivity contribution is 0.0902. The first-order chi connectivity index (χ1) is 16.2. The predicted molar refractivity (Wildman–Crippen MR) is 129 cm³/mol. The van der Waals surface area contributed by atoms with Crippen LogP contribution in [0.1, 0.15) is 75.1 Å². The summed E-state index contributed by atoms with van der Waals surface area (Å²) in [7, 11) is 0. The lowest BCUT2D eigenvalue weighted by Crippen LogP contribution is -2.42. The third kappa shape index (κ3) is 5.24. The molecule has 1 saturated heterocycles. The van der Waals surface area contributed by atoms with Crippen LogP contribution in [0.2, 0.25) is 0 Å². The zero-order valence-corrected chi connectivity index (χ0v) is 20.4. The van der Waals surface area contributed by atoms with Gasteiger partial charge in [0.25, 0.3) is 5.91 Å². The summed E-state index contributed by atoms with van der Waals surface area (Å²) < 4.78 is 7.94. The van der Waals surface area contributed by atoms with Crippen molar-refractivity contribution in [2.45, 2.75) is 77.3 Å². The number of rotatable bonds is 10. The summed E-state index contributed by atoms with van der Waals surface area (Å²) in [6.07, 6.45) is 13.1. The van der Waals surface area contributed by atoms with Crippen molar-refractivity contribution in [2.24, 2.45) is 29.6 Å². The zero-order valence-electron chi connectivity index (χ0n) is 20.4. The Morgan fingerprint density at radius 1 is 1.18 bits per heavy atom. The molecule has 1 aromatic rings. The van der Waals surface area contributed by atoms with E-state index in [9.17, 15) is 4.79 Å². The summed E-state index contributed by atoms with van der Waals surface area (Å²) in [5, 5.41) is 15.0. The number of hydrogen-bond acceptors (Lipinski definition) is 5. The van der Waals surface area contributed by atoms with Crippen LogP contribution in [0.4, 0.5) is 0 Å². The molecule has 4 fully saturated rings. The molecule has 3 aliphatic carbocycles. The van der Waals surface area contributed by atoms with Gasteiger partial charge in [0.2, 0.25) is 5.88 Å². The van der Waals surface area contributed by atoms with Gasteiger partial charge in [-0.25, -0.2) is 4.68 Å². The molecule has 184 valence electrons. The average molecular weight is 458 g/mol. The van der Waals surface area contributed by atoms with E-state index >= 15 is 0 Å². The third-order valence-corrected chi connectivity index (χ3v) is 8.77. The van der Waals surface area contributed by atoms with Crippen molar-refractivity contribution in [3.05, 3.63) is 11.8 Å². The van der Waals surface area contributed by atoms with Crippen molar-refractivity contribution in [1.29, 1.82) is 0 Å². The molecule has 3 bridgehead atoms. The van der Waals surface area contributed by atoms with Gasteiger partial charge in [-0.2, -0.15) is 5.10 Å². The molecule has 5 unspecified atom stereocenters. The summed E-state index contributed by atoms with van der Waals surface area (Å²) in [6, 6.07) is 0.335. The van der Waals surface area contributed by atoms with Crippen molar-refractivity contribution in [1.82, 2.24) is 25.7 Å². The number of nitrogens with one attached hydrogen (secondary N) is 3. The van der Waals surface area contributed by atoms with Crippen LogP contribution >= 0.6 is 0 Å². The number of carbonyl (C=O) groups excluding carboxylic acids is 1. The van der Waals surface area contributed by atoms with E-state index in [1.54, 1.807) is 6.20 Å². The molecule has 3 N–H and O–H groups in total. The molecule has 2 heterocycles. The van der Waals surface area contributed by atoms with E-state index in [2.05, 4.69) is 28.0 Å². The van der Waals surface area contributed by atoms with E-state index in [1.807, 2.05) is 4.68 Å². The molecule has 3 saturated carbocycles. The molecular weight excluding hydrogens is 414 g/mol. The van der Waals surface area contributed by atoms with Gasteiger partial charge < -0.3 is 20.7 Å². The minimum absolute atomic E-state index is 0.00897. The minimum Gasteiger partial charge on any atom is -0.477 e. The van der Waals surface area contributed by atoms with E-state index in [-0.39, 0.29) is 5.91 Å². The quantitative estimate of drug-likeness (QED) is 0.470. The Morgan fingerprint density at radius 3 is 2.88 bits per heavy atom. The first kappa shape index (κ1) is 23.2. The smallest absolute Gasteiger partial charge is 0.258 e. The molecule has 4 aliphatic rings. The highest BCUT2D eigenvalue weighted by Crippen LogP contribution is 2.53. The first-order valence-corrected chi connectivity index (χ1v) is 13.6. The second-order valence-electron chi connectivity index (χ2n) is 11.0. The first-order valence-electron chi connectivity index (χ1n) is 13.6. The van der Waals surface area contributed by atoms with E-state index in [0.29, 0.717) is 35.9 Å². The number of amides is 1. The summed E-state index contributed by atoms with van der Waals surface area (Å²) in [5.74, 6) is 4.45. The third-order valence-electron chi connectivity index (χ3n) is 8.77. The van der Waals surface area contributed by atoms with Gasteiger partial charge in [0.05, 0.1) is 19.3 Å². The molecule has 1 amide bonds. The summed E-state index contributed by atoms with van der Waals surface area (Å²) in [5.41, 5.74) is 0.607. The molecule has 7 heteroatoms. The Balaban J connectivity index is 1.21. The van der Waals surface area contributed by atoms with Crippen molar-refractivity contribution in [3.63, 3.8) is 0 Å². The van der Waals surface area contributed by atoms with E-state index in [1.165, 1.54) is 51.4 Å². The van der Waals surface area contributed by atoms with Crippen molar-refractivity contribution < 1.29 is 9.53 Å². The summed E-state index contributed by atoms with van der Waals surface area (Å²) in [4.78, 5) is 13.4. The summed E-state index contributed by atoms with van der Waals surface area (Å²) >= 11 is 0. The lowest BCUT2D eigenvalue weighted by Gasteiger charge is -2.30. The molecule has 0 radical (unpaired) electrons. The van der Waals surface area contributed by atoms with Gasteiger partial charge in [0.15, 0.2) is 0 Å².